The summed E-state index contributed by atoms with van der Waals surface area (Å²) in [6, 6.07) is -1.22. The van der Waals surface area contributed by atoms with Crippen molar-refractivity contribution in [3.05, 3.63) is 0 Å². The SMILES string of the molecule is CCCOC1CCCN(C(=O)N[C@H](C(=O)O)C(C)(C)C)C1. The Morgan fingerprint density at radius 1 is 1.43 bits per heavy atom. The van der Waals surface area contributed by atoms with Gasteiger partial charge >= 0.3 is 12.0 Å². The third-order valence-corrected chi connectivity index (χ3v) is 3.60. The van der Waals surface area contributed by atoms with Crippen molar-refractivity contribution in [2.24, 2.45) is 5.41 Å². The fourth-order valence-electron chi connectivity index (χ4n) is 2.41. The van der Waals surface area contributed by atoms with Crippen molar-refractivity contribution in [3.63, 3.8) is 0 Å². The maximum atomic E-state index is 12.3. The van der Waals surface area contributed by atoms with Gasteiger partial charge in [0.05, 0.1) is 6.10 Å². The first-order chi connectivity index (χ1) is 9.75. The summed E-state index contributed by atoms with van der Waals surface area (Å²) in [5.74, 6) is -1.01. The number of carboxylic acid groups (broad SMARTS) is 1. The first kappa shape index (κ1) is 17.8. The highest BCUT2D eigenvalue weighted by Gasteiger charge is 2.34. The molecule has 1 rings (SSSR count). The Bertz CT molecular complexity index is 365. The van der Waals surface area contributed by atoms with Crippen molar-refractivity contribution in [1.29, 1.82) is 0 Å². The van der Waals surface area contributed by atoms with Crippen molar-refractivity contribution in [2.75, 3.05) is 19.7 Å². The zero-order chi connectivity index (χ0) is 16.0. The van der Waals surface area contributed by atoms with Crippen LogP contribution in [-0.2, 0) is 9.53 Å². The molecule has 1 unspecified atom stereocenters. The van der Waals surface area contributed by atoms with E-state index in [0.29, 0.717) is 19.7 Å². The number of piperidine rings is 1. The van der Waals surface area contributed by atoms with Crippen LogP contribution in [0.5, 0.6) is 0 Å². The van der Waals surface area contributed by atoms with Crippen LogP contribution in [0.4, 0.5) is 4.79 Å². The predicted octanol–water partition coefficient (Wildman–Crippen LogP) is 2.09. The van der Waals surface area contributed by atoms with Gasteiger partial charge in [-0.05, 0) is 24.7 Å². The molecule has 0 aliphatic carbocycles. The summed E-state index contributed by atoms with van der Waals surface area (Å²) in [7, 11) is 0. The van der Waals surface area contributed by atoms with E-state index in [4.69, 9.17) is 4.74 Å². The number of carbonyl (C=O) groups is 2. The summed E-state index contributed by atoms with van der Waals surface area (Å²) in [6.45, 7) is 9.32. The number of ether oxygens (including phenoxy) is 1. The molecule has 0 bridgehead atoms. The first-order valence-corrected chi connectivity index (χ1v) is 7.65. The van der Waals surface area contributed by atoms with Gasteiger partial charge < -0.3 is 20.1 Å². The van der Waals surface area contributed by atoms with E-state index >= 15 is 0 Å². The molecule has 2 amide bonds. The Morgan fingerprint density at radius 2 is 2.10 bits per heavy atom. The monoisotopic (exact) mass is 300 g/mol. The van der Waals surface area contributed by atoms with E-state index < -0.39 is 17.4 Å². The normalized spacial score (nSPS) is 21.0. The van der Waals surface area contributed by atoms with Crippen LogP contribution in [0.2, 0.25) is 0 Å². The van der Waals surface area contributed by atoms with Crippen LogP contribution in [0.25, 0.3) is 0 Å². The zero-order valence-corrected chi connectivity index (χ0v) is 13.5. The van der Waals surface area contributed by atoms with Crippen molar-refractivity contribution in [3.8, 4) is 0 Å². The summed E-state index contributed by atoms with van der Waals surface area (Å²) in [5, 5.41) is 11.9. The van der Waals surface area contributed by atoms with Crippen molar-refractivity contribution in [1.82, 2.24) is 10.2 Å². The fourth-order valence-corrected chi connectivity index (χ4v) is 2.41. The molecule has 0 aromatic heterocycles. The van der Waals surface area contributed by atoms with Crippen LogP contribution in [0.3, 0.4) is 0 Å². The minimum absolute atomic E-state index is 0.0577. The number of amides is 2. The third kappa shape index (κ3) is 5.53. The van der Waals surface area contributed by atoms with Gasteiger partial charge in [-0.3, -0.25) is 0 Å². The van der Waals surface area contributed by atoms with Crippen LogP contribution < -0.4 is 5.32 Å². The Balaban J connectivity index is 2.59. The molecular weight excluding hydrogens is 272 g/mol. The molecule has 6 nitrogen and oxygen atoms in total. The molecule has 0 aromatic rings. The highest BCUT2D eigenvalue weighted by Crippen LogP contribution is 2.20. The number of nitrogens with one attached hydrogen (secondary N) is 1. The standard InChI is InChI=1S/C15H28N2O4/c1-5-9-21-11-7-6-8-17(10-11)14(20)16-12(13(18)19)15(2,3)4/h11-12H,5-10H2,1-4H3,(H,16,20)(H,18,19)/t11?,12-/m1/s1. The number of rotatable bonds is 5. The van der Waals surface area contributed by atoms with E-state index in [-0.39, 0.29) is 12.1 Å². The van der Waals surface area contributed by atoms with Gasteiger partial charge in [0, 0.05) is 19.7 Å². The molecule has 2 atom stereocenters. The summed E-state index contributed by atoms with van der Waals surface area (Å²) in [6.07, 6.45) is 2.84. The molecule has 1 saturated heterocycles. The lowest BCUT2D eigenvalue weighted by Crippen LogP contribution is -2.55. The number of nitrogens with zero attached hydrogens (tertiary/aromatic N) is 1. The minimum Gasteiger partial charge on any atom is -0.480 e. The van der Waals surface area contributed by atoms with E-state index in [1.54, 1.807) is 25.7 Å². The van der Waals surface area contributed by atoms with Gasteiger partial charge in [-0.1, -0.05) is 27.7 Å². The van der Waals surface area contributed by atoms with Crippen LogP contribution in [0.1, 0.15) is 47.0 Å². The number of hydrogen-bond donors (Lipinski definition) is 2. The molecule has 1 heterocycles. The average molecular weight is 300 g/mol. The van der Waals surface area contributed by atoms with Crippen LogP contribution >= 0.6 is 0 Å². The Morgan fingerprint density at radius 3 is 2.62 bits per heavy atom. The molecular formula is C15H28N2O4. The zero-order valence-electron chi connectivity index (χ0n) is 13.5. The van der Waals surface area contributed by atoms with Crippen LogP contribution in [0, 0.1) is 5.41 Å². The van der Waals surface area contributed by atoms with Gasteiger partial charge in [0.15, 0.2) is 0 Å². The van der Waals surface area contributed by atoms with E-state index in [2.05, 4.69) is 5.32 Å². The molecule has 0 radical (unpaired) electrons. The van der Waals surface area contributed by atoms with Gasteiger partial charge in [-0.2, -0.15) is 0 Å². The van der Waals surface area contributed by atoms with Crippen molar-refractivity contribution < 1.29 is 19.4 Å². The number of carbonyl (C=O) groups excluding carboxylic acids is 1. The summed E-state index contributed by atoms with van der Waals surface area (Å²) < 4.78 is 5.69. The largest absolute Gasteiger partial charge is 0.480 e. The Labute approximate surface area is 126 Å². The first-order valence-electron chi connectivity index (χ1n) is 7.65. The second kappa shape index (κ2) is 7.64. The maximum absolute atomic E-state index is 12.3. The second-order valence-electron chi connectivity index (χ2n) is 6.67. The Kier molecular flexibility index (Phi) is 6.45. The highest BCUT2D eigenvalue weighted by molar-refractivity contribution is 5.83. The highest BCUT2D eigenvalue weighted by atomic mass is 16.5. The molecule has 21 heavy (non-hydrogen) atoms. The van der Waals surface area contributed by atoms with E-state index in [0.717, 1.165) is 19.3 Å². The average Bonchev–Trinajstić information content (AvgIpc) is 2.40. The number of aliphatic carboxylic acids is 1. The fraction of sp³-hybridized carbons (Fsp3) is 0.867. The lowest BCUT2D eigenvalue weighted by Gasteiger charge is -2.35. The molecule has 122 valence electrons. The summed E-state index contributed by atoms with van der Waals surface area (Å²) in [5.41, 5.74) is -0.532. The van der Waals surface area contributed by atoms with Gasteiger partial charge in [0.2, 0.25) is 0 Å². The van der Waals surface area contributed by atoms with Gasteiger partial charge in [-0.25, -0.2) is 9.59 Å². The molecule has 6 heteroatoms. The van der Waals surface area contributed by atoms with Crippen molar-refractivity contribution >= 4 is 12.0 Å². The second-order valence-corrected chi connectivity index (χ2v) is 6.67. The third-order valence-electron chi connectivity index (χ3n) is 3.60. The molecule has 2 N–H and O–H groups in total. The van der Waals surface area contributed by atoms with Gasteiger partial charge in [0.1, 0.15) is 6.04 Å². The number of urea groups is 1. The van der Waals surface area contributed by atoms with E-state index in [1.165, 1.54) is 0 Å². The molecule has 1 aliphatic heterocycles. The minimum atomic E-state index is -1.01. The predicted molar refractivity (Wildman–Crippen MR) is 80.2 cm³/mol. The van der Waals surface area contributed by atoms with E-state index in [1.807, 2.05) is 6.92 Å². The smallest absolute Gasteiger partial charge is 0.326 e. The maximum Gasteiger partial charge on any atom is 0.326 e. The number of carboxylic acids is 1. The lowest BCUT2D eigenvalue weighted by molar-refractivity contribution is -0.142. The van der Waals surface area contributed by atoms with Gasteiger partial charge in [0.25, 0.3) is 0 Å². The molecule has 0 aromatic carbocycles. The van der Waals surface area contributed by atoms with Crippen LogP contribution in [-0.4, -0.2) is 53.8 Å². The summed E-state index contributed by atoms with van der Waals surface area (Å²) >= 11 is 0. The Hall–Kier alpha value is -1.30. The number of hydrogen-bond acceptors (Lipinski definition) is 3. The van der Waals surface area contributed by atoms with Crippen molar-refractivity contribution in [2.45, 2.75) is 59.1 Å². The number of likely N-dealkylation sites (tertiary alicyclic amines) is 1. The topological polar surface area (TPSA) is 78.9 Å². The van der Waals surface area contributed by atoms with Gasteiger partial charge in [-0.15, -0.1) is 0 Å². The summed E-state index contributed by atoms with van der Waals surface area (Å²) in [4.78, 5) is 25.2. The van der Waals surface area contributed by atoms with Crippen LogP contribution in [0.15, 0.2) is 0 Å². The molecule has 1 aliphatic rings. The molecule has 0 spiro atoms. The lowest BCUT2D eigenvalue weighted by atomic mass is 9.87. The molecule has 1 fully saturated rings. The quantitative estimate of drug-likeness (QED) is 0.815. The van der Waals surface area contributed by atoms with E-state index in [9.17, 15) is 14.7 Å². The molecule has 0 saturated carbocycles.